The molecule has 0 aliphatic carbocycles. The summed E-state index contributed by atoms with van der Waals surface area (Å²) in [6.07, 6.45) is 1.11. The maximum Gasteiger partial charge on any atom is 0.226 e. The minimum atomic E-state index is -3.28. The van der Waals surface area contributed by atoms with Gasteiger partial charge < -0.3 is 0 Å². The van der Waals surface area contributed by atoms with Crippen LogP contribution in [0.1, 0.15) is 6.92 Å². The van der Waals surface area contributed by atoms with Crippen molar-refractivity contribution in [1.82, 2.24) is 10.3 Å². The number of sulfonamides is 1. The minimum Gasteiger partial charge on any atom is -0.228 e. The largest absolute Gasteiger partial charge is 0.228 e. The fraction of sp³-hybridized carbons (Fsp3) is 0.333. The van der Waals surface area contributed by atoms with Gasteiger partial charge >= 0.3 is 0 Å². The Kier molecular flexibility index (Phi) is 4.07. The summed E-state index contributed by atoms with van der Waals surface area (Å²) in [5.74, 6) is 0. The van der Waals surface area contributed by atoms with Crippen molar-refractivity contribution in [1.29, 1.82) is 0 Å². The van der Waals surface area contributed by atoms with Crippen LogP contribution < -0.4 is 15.4 Å². The molecule has 0 saturated heterocycles. The maximum atomic E-state index is 11.1. The maximum absolute atomic E-state index is 11.1. The third-order valence-electron chi connectivity index (χ3n) is 1.59. The van der Waals surface area contributed by atoms with Crippen LogP contribution in [0.5, 0.6) is 0 Å². The zero-order valence-electron chi connectivity index (χ0n) is 8.77. The Balaban J connectivity index is 2.84. The SMILES string of the molecule is CCNN(NS(C)(=O)=O)c1ccccc1. The average molecular weight is 229 g/mol. The van der Waals surface area contributed by atoms with Gasteiger partial charge in [0.15, 0.2) is 0 Å². The molecule has 0 fully saturated rings. The summed E-state index contributed by atoms with van der Waals surface area (Å²) >= 11 is 0. The van der Waals surface area contributed by atoms with Gasteiger partial charge in [-0.05, 0) is 12.1 Å². The third kappa shape index (κ3) is 4.28. The minimum absolute atomic E-state index is 0.622. The monoisotopic (exact) mass is 229 g/mol. The van der Waals surface area contributed by atoms with Crippen LogP contribution in [-0.4, -0.2) is 21.2 Å². The van der Waals surface area contributed by atoms with Crippen molar-refractivity contribution in [3.05, 3.63) is 30.3 Å². The number of anilines is 1. The molecule has 5 nitrogen and oxygen atoms in total. The lowest BCUT2D eigenvalue weighted by atomic mass is 10.3. The first kappa shape index (κ1) is 12.0. The number of nitrogens with one attached hydrogen (secondary N) is 2. The Morgan fingerprint density at radius 1 is 1.27 bits per heavy atom. The van der Waals surface area contributed by atoms with Crippen molar-refractivity contribution in [2.45, 2.75) is 6.92 Å². The Labute approximate surface area is 90.1 Å². The first-order valence-electron chi connectivity index (χ1n) is 4.59. The average Bonchev–Trinajstić information content (AvgIpc) is 2.17. The van der Waals surface area contributed by atoms with Gasteiger partial charge in [-0.3, -0.25) is 0 Å². The third-order valence-corrected chi connectivity index (χ3v) is 2.10. The van der Waals surface area contributed by atoms with E-state index in [-0.39, 0.29) is 0 Å². The van der Waals surface area contributed by atoms with Gasteiger partial charge in [-0.1, -0.05) is 25.1 Å². The molecule has 1 rings (SSSR count). The van der Waals surface area contributed by atoms with E-state index in [1.54, 1.807) is 12.1 Å². The molecule has 0 aromatic heterocycles. The molecule has 6 heteroatoms. The van der Waals surface area contributed by atoms with Crippen molar-refractivity contribution in [2.75, 3.05) is 17.9 Å². The molecule has 15 heavy (non-hydrogen) atoms. The van der Waals surface area contributed by atoms with Crippen LogP contribution in [0.4, 0.5) is 5.69 Å². The standard InChI is InChI=1S/C9H15N3O2S/c1-3-10-12(11-15(2,13)14)9-7-5-4-6-8-9/h4-8,10-11H,3H2,1-2H3. The number of hydrazine groups is 2. The Hall–Kier alpha value is -1.11. The molecule has 0 atom stereocenters. The second-order valence-electron chi connectivity index (χ2n) is 3.05. The summed E-state index contributed by atoms with van der Waals surface area (Å²) in [7, 11) is -3.28. The second kappa shape index (κ2) is 5.11. The lowest BCUT2D eigenvalue weighted by Crippen LogP contribution is -2.50. The molecule has 1 aromatic rings. The van der Waals surface area contributed by atoms with Crippen molar-refractivity contribution in [2.24, 2.45) is 0 Å². The molecule has 0 heterocycles. The zero-order valence-corrected chi connectivity index (χ0v) is 9.58. The van der Waals surface area contributed by atoms with Gasteiger partial charge in [0, 0.05) is 6.54 Å². The highest BCUT2D eigenvalue weighted by Crippen LogP contribution is 2.08. The Bertz CT molecular complexity index is 391. The number of benzene rings is 1. The van der Waals surface area contributed by atoms with Crippen molar-refractivity contribution < 1.29 is 8.42 Å². The highest BCUT2D eigenvalue weighted by Gasteiger charge is 2.09. The first-order valence-corrected chi connectivity index (χ1v) is 6.48. The zero-order chi connectivity index (χ0) is 11.3. The van der Waals surface area contributed by atoms with E-state index in [0.717, 1.165) is 11.9 Å². The normalized spacial score (nSPS) is 11.3. The molecule has 1 aromatic carbocycles. The van der Waals surface area contributed by atoms with Crippen LogP contribution in [0.2, 0.25) is 0 Å². The fourth-order valence-corrected chi connectivity index (χ4v) is 1.58. The quantitative estimate of drug-likeness (QED) is 0.721. The van der Waals surface area contributed by atoms with Crippen LogP contribution >= 0.6 is 0 Å². The van der Waals surface area contributed by atoms with E-state index in [0.29, 0.717) is 6.54 Å². The molecule has 0 aliphatic rings. The van der Waals surface area contributed by atoms with E-state index in [2.05, 4.69) is 10.3 Å². The van der Waals surface area contributed by atoms with Crippen LogP contribution in [-0.2, 0) is 10.0 Å². The smallest absolute Gasteiger partial charge is 0.226 e. The Morgan fingerprint density at radius 2 is 1.87 bits per heavy atom. The molecule has 0 amide bonds. The fourth-order valence-electron chi connectivity index (χ4n) is 1.08. The van der Waals surface area contributed by atoms with Crippen molar-refractivity contribution in [3.8, 4) is 0 Å². The number of rotatable bonds is 5. The van der Waals surface area contributed by atoms with Gasteiger partial charge in [0.1, 0.15) is 0 Å². The summed E-state index contributed by atoms with van der Waals surface area (Å²) in [5.41, 5.74) is 3.64. The van der Waals surface area contributed by atoms with Crippen LogP contribution in [0.3, 0.4) is 0 Å². The molecule has 84 valence electrons. The second-order valence-corrected chi connectivity index (χ2v) is 4.77. The molecular formula is C9H15N3O2S. The van der Waals surface area contributed by atoms with Gasteiger partial charge in [-0.2, -0.15) is 0 Å². The Morgan fingerprint density at radius 3 is 2.33 bits per heavy atom. The molecule has 0 spiro atoms. The lowest BCUT2D eigenvalue weighted by molar-refractivity contribution is 0.560. The van der Waals surface area contributed by atoms with Gasteiger partial charge in [0.25, 0.3) is 0 Å². The van der Waals surface area contributed by atoms with E-state index in [4.69, 9.17) is 0 Å². The summed E-state index contributed by atoms with van der Waals surface area (Å²) in [6.45, 7) is 2.51. The summed E-state index contributed by atoms with van der Waals surface area (Å²) in [6, 6.07) is 9.16. The van der Waals surface area contributed by atoms with Crippen molar-refractivity contribution in [3.63, 3.8) is 0 Å². The van der Waals surface area contributed by atoms with Crippen LogP contribution in [0.15, 0.2) is 30.3 Å². The highest BCUT2D eigenvalue weighted by molar-refractivity contribution is 7.88. The van der Waals surface area contributed by atoms with Gasteiger partial charge in [0.2, 0.25) is 10.0 Å². The number of para-hydroxylation sites is 1. The van der Waals surface area contributed by atoms with E-state index < -0.39 is 10.0 Å². The van der Waals surface area contributed by atoms with Gasteiger partial charge in [-0.25, -0.2) is 19.0 Å². The first-order chi connectivity index (χ1) is 7.03. The van der Waals surface area contributed by atoms with Gasteiger partial charge in [-0.15, -0.1) is 4.83 Å². The number of hydrogen-bond acceptors (Lipinski definition) is 4. The van der Waals surface area contributed by atoms with Crippen molar-refractivity contribution >= 4 is 15.7 Å². The van der Waals surface area contributed by atoms with E-state index >= 15 is 0 Å². The van der Waals surface area contributed by atoms with E-state index in [1.165, 1.54) is 5.12 Å². The molecule has 0 saturated carbocycles. The van der Waals surface area contributed by atoms with E-state index in [9.17, 15) is 8.42 Å². The highest BCUT2D eigenvalue weighted by atomic mass is 32.2. The molecule has 0 radical (unpaired) electrons. The summed E-state index contributed by atoms with van der Waals surface area (Å²) in [4.78, 5) is 2.37. The lowest BCUT2D eigenvalue weighted by Gasteiger charge is -2.23. The summed E-state index contributed by atoms with van der Waals surface area (Å²) < 4.78 is 22.2. The van der Waals surface area contributed by atoms with Crippen LogP contribution in [0, 0.1) is 0 Å². The topological polar surface area (TPSA) is 61.4 Å². The molecule has 2 N–H and O–H groups in total. The number of hydrogen-bond donors (Lipinski definition) is 2. The molecular weight excluding hydrogens is 214 g/mol. The predicted molar refractivity (Wildman–Crippen MR) is 60.6 cm³/mol. The van der Waals surface area contributed by atoms with E-state index in [1.807, 2.05) is 25.1 Å². The van der Waals surface area contributed by atoms with Crippen LogP contribution in [0.25, 0.3) is 0 Å². The molecule has 0 aliphatic heterocycles. The predicted octanol–water partition coefficient (Wildman–Crippen LogP) is 0.482. The van der Waals surface area contributed by atoms with Gasteiger partial charge in [0.05, 0.1) is 11.9 Å². The molecule has 0 bridgehead atoms. The summed E-state index contributed by atoms with van der Waals surface area (Å²) in [5, 5.41) is 1.38. The number of nitrogens with zero attached hydrogens (tertiary/aromatic N) is 1. The molecule has 0 unspecified atom stereocenters.